The summed E-state index contributed by atoms with van der Waals surface area (Å²) in [4.78, 5) is 28.1. The van der Waals surface area contributed by atoms with Crippen LogP contribution in [0.2, 0.25) is 0 Å². The average Bonchev–Trinajstić information content (AvgIpc) is 3.59. The van der Waals surface area contributed by atoms with Crippen LogP contribution in [0.15, 0.2) is 41.3 Å². The van der Waals surface area contributed by atoms with E-state index in [2.05, 4.69) is 10.2 Å². The minimum atomic E-state index is -0.756. The second kappa shape index (κ2) is 9.52. The highest BCUT2D eigenvalue weighted by Gasteiger charge is 2.32. The van der Waals surface area contributed by atoms with Crippen LogP contribution in [-0.2, 0) is 17.8 Å². The number of aromatic nitrogens is 2. The first-order valence-electron chi connectivity index (χ1n) is 11.0. The predicted molar refractivity (Wildman–Crippen MR) is 127 cm³/mol. The van der Waals surface area contributed by atoms with Crippen molar-refractivity contribution in [2.45, 2.75) is 49.1 Å². The zero-order valence-electron chi connectivity index (χ0n) is 18.2. The van der Waals surface area contributed by atoms with E-state index in [-0.39, 0.29) is 36.0 Å². The lowest BCUT2D eigenvalue weighted by atomic mass is 10.0. The molecule has 3 aromatic rings. The van der Waals surface area contributed by atoms with Gasteiger partial charge in [0.05, 0.1) is 23.8 Å². The molecule has 0 radical (unpaired) electrons. The van der Waals surface area contributed by atoms with E-state index in [0.29, 0.717) is 33.7 Å². The normalized spacial score (nSPS) is 18.0. The van der Waals surface area contributed by atoms with Gasteiger partial charge in [0.2, 0.25) is 5.91 Å². The van der Waals surface area contributed by atoms with Crippen LogP contribution in [0.25, 0.3) is 0 Å². The number of rotatable bonds is 7. The molecule has 2 aromatic carbocycles. The van der Waals surface area contributed by atoms with Crippen LogP contribution in [-0.4, -0.2) is 33.7 Å². The molecule has 176 valence electrons. The average molecular weight is 501 g/mol. The van der Waals surface area contributed by atoms with Crippen molar-refractivity contribution in [2.75, 3.05) is 10.7 Å². The van der Waals surface area contributed by atoms with Crippen molar-refractivity contribution in [3.8, 4) is 0 Å². The van der Waals surface area contributed by atoms with E-state index in [1.165, 1.54) is 52.3 Å². The fraction of sp³-hybridized carbons (Fsp3) is 0.333. The molecular weight excluding hydrogens is 478 g/mol. The Hall–Kier alpha value is -2.69. The highest BCUT2D eigenvalue weighted by Crippen LogP contribution is 2.42. The van der Waals surface area contributed by atoms with Gasteiger partial charge in [0.25, 0.3) is 0 Å². The number of Topliss-reactive ketones (excluding diaryl/α,β-unsaturated/α-hetero) is 1. The van der Waals surface area contributed by atoms with E-state index in [9.17, 15) is 18.4 Å². The van der Waals surface area contributed by atoms with Gasteiger partial charge in [0, 0.05) is 23.0 Å². The molecule has 5 rings (SSSR count). The van der Waals surface area contributed by atoms with Crippen LogP contribution in [0, 0.1) is 11.6 Å². The Labute approximate surface area is 203 Å². The number of anilines is 1. The third-order valence-electron chi connectivity index (χ3n) is 5.90. The molecule has 34 heavy (non-hydrogen) atoms. The Kier molecular flexibility index (Phi) is 6.46. The number of ketones is 1. The first-order valence-corrected chi connectivity index (χ1v) is 12.8. The number of benzene rings is 2. The molecule has 10 heteroatoms. The van der Waals surface area contributed by atoms with Gasteiger partial charge in [-0.3, -0.25) is 9.59 Å². The van der Waals surface area contributed by atoms with E-state index in [1.54, 1.807) is 12.1 Å². The zero-order chi connectivity index (χ0) is 23.8. The molecule has 1 aliphatic heterocycles. The van der Waals surface area contributed by atoms with Gasteiger partial charge in [-0.2, -0.15) is 0 Å². The maximum atomic E-state index is 14.9. The number of nitrogens with two attached hydrogens (primary N) is 1. The number of hydrogen-bond donors (Lipinski definition) is 1. The number of halogens is 2. The summed E-state index contributed by atoms with van der Waals surface area (Å²) in [6, 6.07) is 7.86. The zero-order valence-corrected chi connectivity index (χ0v) is 19.8. The second-order valence-electron chi connectivity index (χ2n) is 8.50. The number of nitrogens with zero attached hydrogens (tertiary/aromatic N) is 3. The van der Waals surface area contributed by atoms with Crippen molar-refractivity contribution in [1.82, 2.24) is 10.2 Å². The van der Waals surface area contributed by atoms with Crippen molar-refractivity contribution in [3.05, 3.63) is 69.2 Å². The minimum Gasteiger partial charge on any atom is -0.319 e. The van der Waals surface area contributed by atoms with Gasteiger partial charge in [-0.25, -0.2) is 8.78 Å². The molecule has 0 unspecified atom stereocenters. The molecule has 1 aliphatic carbocycles. The molecule has 1 fully saturated rings. The van der Waals surface area contributed by atoms with Crippen LogP contribution in [0.4, 0.5) is 14.5 Å². The summed E-state index contributed by atoms with van der Waals surface area (Å²) in [6.45, 7) is 0.166. The number of fused-ring (bicyclic) bond motifs is 1. The van der Waals surface area contributed by atoms with Crippen LogP contribution in [0.3, 0.4) is 0 Å². The number of hydrogen-bond acceptors (Lipinski definition) is 7. The van der Waals surface area contributed by atoms with Gasteiger partial charge in [-0.1, -0.05) is 23.5 Å². The summed E-state index contributed by atoms with van der Waals surface area (Å²) in [5.41, 5.74) is 7.25. The topological polar surface area (TPSA) is 89.2 Å². The maximum absolute atomic E-state index is 14.9. The summed E-state index contributed by atoms with van der Waals surface area (Å²) in [7, 11) is 0. The van der Waals surface area contributed by atoms with Gasteiger partial charge in [-0.05, 0) is 49.1 Å². The lowest BCUT2D eigenvalue weighted by Crippen LogP contribution is -2.44. The lowest BCUT2D eigenvalue weighted by molar-refractivity contribution is -0.119. The molecule has 0 spiro atoms. The Bertz CT molecular complexity index is 1240. The predicted octanol–water partition coefficient (Wildman–Crippen LogP) is 4.48. The molecule has 1 atom stereocenters. The van der Waals surface area contributed by atoms with E-state index in [1.807, 2.05) is 0 Å². The van der Waals surface area contributed by atoms with E-state index < -0.39 is 11.9 Å². The number of amides is 1. The van der Waals surface area contributed by atoms with Crippen molar-refractivity contribution in [2.24, 2.45) is 5.73 Å². The molecule has 1 amide bonds. The molecule has 6 nitrogen and oxygen atoms in total. The molecule has 1 aromatic heterocycles. The van der Waals surface area contributed by atoms with Crippen molar-refractivity contribution in [3.63, 3.8) is 0 Å². The second-order valence-corrected chi connectivity index (χ2v) is 10.7. The van der Waals surface area contributed by atoms with Crippen molar-refractivity contribution < 1.29 is 18.4 Å². The SMILES string of the molecule is N[C@H]1CSc2cc(F)c(C(=O)CCc3ccc(F)cc3)cc2N(Cc2nnc(C3CC3)s2)C1=O. The summed E-state index contributed by atoms with van der Waals surface area (Å²) in [6.07, 6.45) is 2.62. The Balaban J connectivity index is 1.42. The van der Waals surface area contributed by atoms with Crippen molar-refractivity contribution >= 4 is 40.5 Å². The van der Waals surface area contributed by atoms with Crippen LogP contribution in [0.5, 0.6) is 0 Å². The molecule has 2 N–H and O–H groups in total. The summed E-state index contributed by atoms with van der Waals surface area (Å²) in [5, 5.41) is 10.1. The summed E-state index contributed by atoms with van der Waals surface area (Å²) in [5.74, 6) is -0.913. The molecule has 2 aliphatic rings. The Morgan fingerprint density at radius 2 is 1.91 bits per heavy atom. The highest BCUT2D eigenvalue weighted by molar-refractivity contribution is 7.99. The minimum absolute atomic E-state index is 0.0586. The maximum Gasteiger partial charge on any atom is 0.245 e. The standard InChI is InChI=1S/C24H22F2N4O2S2/c25-15-6-1-13(2-7-15)3-8-20(31)16-9-19-21(10-17(16)26)33-12-18(27)24(32)30(19)11-22-28-29-23(34-22)14-4-5-14/h1-2,6-7,9-10,14,18H,3-5,8,11-12,27H2/t18-/m0/s1. The number of carbonyl (C=O) groups excluding carboxylic acids is 2. The third-order valence-corrected chi connectivity index (χ3v) is 8.13. The van der Waals surface area contributed by atoms with Crippen molar-refractivity contribution in [1.29, 1.82) is 0 Å². The molecule has 0 saturated heterocycles. The van der Waals surface area contributed by atoms with E-state index >= 15 is 0 Å². The first kappa shape index (κ1) is 23.1. The van der Waals surface area contributed by atoms with E-state index in [0.717, 1.165) is 23.4 Å². The fourth-order valence-electron chi connectivity index (χ4n) is 3.82. The van der Waals surface area contributed by atoms with Gasteiger partial charge in [0.15, 0.2) is 5.78 Å². The lowest BCUT2D eigenvalue weighted by Gasteiger charge is -2.23. The Morgan fingerprint density at radius 1 is 1.15 bits per heavy atom. The summed E-state index contributed by atoms with van der Waals surface area (Å²) < 4.78 is 28.1. The van der Waals surface area contributed by atoms with E-state index in [4.69, 9.17) is 5.73 Å². The highest BCUT2D eigenvalue weighted by atomic mass is 32.2. The largest absolute Gasteiger partial charge is 0.319 e. The molecule has 1 saturated carbocycles. The van der Waals surface area contributed by atoms with Gasteiger partial charge in [0.1, 0.15) is 21.6 Å². The summed E-state index contributed by atoms with van der Waals surface area (Å²) >= 11 is 2.77. The first-order chi connectivity index (χ1) is 16.4. The van der Waals surface area contributed by atoms with Crippen LogP contribution >= 0.6 is 23.1 Å². The smallest absolute Gasteiger partial charge is 0.245 e. The number of aryl methyl sites for hydroxylation is 1. The molecule has 2 heterocycles. The Morgan fingerprint density at radius 3 is 2.65 bits per heavy atom. The van der Waals surface area contributed by atoms with Gasteiger partial charge >= 0.3 is 0 Å². The quantitative estimate of drug-likeness (QED) is 0.482. The fourth-order valence-corrected chi connectivity index (χ4v) is 5.83. The van der Waals surface area contributed by atoms with Crippen LogP contribution < -0.4 is 10.6 Å². The number of thioether (sulfide) groups is 1. The molecular formula is C24H22F2N4O2S2. The monoisotopic (exact) mass is 500 g/mol. The van der Waals surface area contributed by atoms with Gasteiger partial charge in [-0.15, -0.1) is 22.0 Å². The van der Waals surface area contributed by atoms with Gasteiger partial charge < -0.3 is 10.6 Å². The third kappa shape index (κ3) is 4.89. The number of carbonyl (C=O) groups is 2. The molecule has 0 bridgehead atoms. The van der Waals surface area contributed by atoms with Crippen LogP contribution in [0.1, 0.15) is 51.1 Å².